The Bertz CT molecular complexity index is 619. The Kier molecular flexibility index (Phi) is 3.33. The van der Waals surface area contributed by atoms with Crippen LogP contribution in [0.2, 0.25) is 0 Å². The van der Waals surface area contributed by atoms with Gasteiger partial charge in [0.25, 0.3) is 0 Å². The van der Waals surface area contributed by atoms with E-state index in [4.69, 9.17) is 0 Å². The van der Waals surface area contributed by atoms with Gasteiger partial charge in [0.1, 0.15) is 6.07 Å². The second-order valence-corrected chi connectivity index (χ2v) is 5.05. The summed E-state index contributed by atoms with van der Waals surface area (Å²) in [5.74, 6) is 0. The van der Waals surface area contributed by atoms with E-state index in [0.717, 1.165) is 29.7 Å². The maximum atomic E-state index is 9.36. The van der Waals surface area contributed by atoms with Gasteiger partial charge in [-0.2, -0.15) is 5.26 Å². The maximum Gasteiger partial charge on any atom is 0.103 e. The highest BCUT2D eigenvalue weighted by Crippen LogP contribution is 2.30. The van der Waals surface area contributed by atoms with Gasteiger partial charge in [-0.25, -0.2) is 0 Å². The molecule has 0 atom stereocenters. The molecule has 1 aromatic heterocycles. The first-order valence-corrected chi connectivity index (χ1v) is 6.93. The zero-order chi connectivity index (χ0) is 13.1. The van der Waals surface area contributed by atoms with Crippen molar-refractivity contribution >= 4 is 16.6 Å². The average molecular weight is 251 g/mol. The molecule has 0 N–H and O–H groups in total. The van der Waals surface area contributed by atoms with E-state index in [1.165, 1.54) is 25.7 Å². The summed E-state index contributed by atoms with van der Waals surface area (Å²) >= 11 is 0. The molecule has 0 saturated carbocycles. The van der Waals surface area contributed by atoms with Crippen LogP contribution in [0.25, 0.3) is 10.9 Å². The third-order valence-corrected chi connectivity index (χ3v) is 3.79. The lowest BCUT2D eigenvalue weighted by Gasteiger charge is -2.25. The van der Waals surface area contributed by atoms with Gasteiger partial charge in [-0.1, -0.05) is 31.0 Å². The van der Waals surface area contributed by atoms with Gasteiger partial charge in [-0.15, -0.1) is 0 Å². The van der Waals surface area contributed by atoms with E-state index in [2.05, 4.69) is 22.0 Å². The standard InChI is InChI=1S/C16H17N3/c17-11-13-12-18-15-8-4-3-7-14(15)16(13)19-9-5-1-2-6-10-19/h3-4,7-8,12H,1-2,5-6,9-10H2. The molecular weight excluding hydrogens is 234 g/mol. The topological polar surface area (TPSA) is 39.9 Å². The number of aromatic nitrogens is 1. The first-order chi connectivity index (χ1) is 9.40. The van der Waals surface area contributed by atoms with Crippen LogP contribution in [0, 0.1) is 11.3 Å². The van der Waals surface area contributed by atoms with Crippen LogP contribution in [0.15, 0.2) is 30.5 Å². The van der Waals surface area contributed by atoms with Gasteiger partial charge in [-0.3, -0.25) is 4.98 Å². The Morgan fingerprint density at radius 1 is 1.05 bits per heavy atom. The number of benzene rings is 1. The first kappa shape index (κ1) is 12.0. The summed E-state index contributed by atoms with van der Waals surface area (Å²) in [5, 5.41) is 10.5. The third-order valence-electron chi connectivity index (χ3n) is 3.79. The fourth-order valence-electron chi connectivity index (χ4n) is 2.84. The number of nitrogens with zero attached hydrogens (tertiary/aromatic N) is 3. The minimum Gasteiger partial charge on any atom is -0.370 e. The van der Waals surface area contributed by atoms with Crippen molar-refractivity contribution in [2.45, 2.75) is 25.7 Å². The summed E-state index contributed by atoms with van der Waals surface area (Å²) in [7, 11) is 0. The van der Waals surface area contributed by atoms with Gasteiger partial charge in [0.2, 0.25) is 0 Å². The predicted molar refractivity (Wildman–Crippen MR) is 77.1 cm³/mol. The Labute approximate surface area is 113 Å². The van der Waals surface area contributed by atoms with Crippen molar-refractivity contribution in [1.82, 2.24) is 4.98 Å². The average Bonchev–Trinajstić information content (AvgIpc) is 2.75. The third kappa shape index (κ3) is 2.26. The van der Waals surface area contributed by atoms with Crippen molar-refractivity contribution < 1.29 is 0 Å². The zero-order valence-corrected chi connectivity index (χ0v) is 11.0. The van der Waals surface area contributed by atoms with Crippen LogP contribution in [0.3, 0.4) is 0 Å². The lowest BCUT2D eigenvalue weighted by atomic mass is 10.1. The molecule has 19 heavy (non-hydrogen) atoms. The zero-order valence-electron chi connectivity index (χ0n) is 11.0. The van der Waals surface area contributed by atoms with Crippen LogP contribution in [0.1, 0.15) is 31.2 Å². The quantitative estimate of drug-likeness (QED) is 0.779. The molecule has 0 radical (unpaired) electrons. The lowest BCUT2D eigenvalue weighted by Crippen LogP contribution is -2.25. The Hall–Kier alpha value is -2.08. The van der Waals surface area contributed by atoms with Crippen molar-refractivity contribution in [2.24, 2.45) is 0 Å². The Morgan fingerprint density at radius 2 is 1.79 bits per heavy atom. The van der Waals surface area contributed by atoms with E-state index in [0.29, 0.717) is 5.56 Å². The van der Waals surface area contributed by atoms with Crippen molar-refractivity contribution in [3.8, 4) is 6.07 Å². The van der Waals surface area contributed by atoms with Crippen LogP contribution >= 0.6 is 0 Å². The number of nitriles is 1. The minimum atomic E-state index is 0.695. The highest BCUT2D eigenvalue weighted by Gasteiger charge is 2.17. The van der Waals surface area contributed by atoms with Gasteiger partial charge in [0.15, 0.2) is 0 Å². The van der Waals surface area contributed by atoms with Crippen molar-refractivity contribution in [3.05, 3.63) is 36.0 Å². The molecule has 1 aliphatic heterocycles. The summed E-state index contributed by atoms with van der Waals surface area (Å²) in [6, 6.07) is 10.4. The lowest BCUT2D eigenvalue weighted by molar-refractivity contribution is 0.726. The molecule has 0 unspecified atom stereocenters. The number of hydrogen-bond acceptors (Lipinski definition) is 3. The number of hydrogen-bond donors (Lipinski definition) is 0. The number of fused-ring (bicyclic) bond motifs is 1. The minimum absolute atomic E-state index is 0.695. The first-order valence-electron chi connectivity index (χ1n) is 6.93. The molecule has 3 nitrogen and oxygen atoms in total. The largest absolute Gasteiger partial charge is 0.370 e. The molecule has 1 fully saturated rings. The van der Waals surface area contributed by atoms with Crippen molar-refractivity contribution in [3.63, 3.8) is 0 Å². The van der Waals surface area contributed by atoms with Gasteiger partial charge < -0.3 is 4.90 Å². The smallest absolute Gasteiger partial charge is 0.103 e. The molecule has 0 spiro atoms. The molecule has 0 aliphatic carbocycles. The predicted octanol–water partition coefficient (Wildman–Crippen LogP) is 3.49. The summed E-state index contributed by atoms with van der Waals surface area (Å²) < 4.78 is 0. The normalized spacial score (nSPS) is 16.1. The monoisotopic (exact) mass is 251 g/mol. The summed E-state index contributed by atoms with van der Waals surface area (Å²) in [6.45, 7) is 2.09. The van der Waals surface area contributed by atoms with Crippen LogP contribution in [0.4, 0.5) is 5.69 Å². The van der Waals surface area contributed by atoms with E-state index in [9.17, 15) is 5.26 Å². The second-order valence-electron chi connectivity index (χ2n) is 5.05. The molecule has 1 aromatic carbocycles. The van der Waals surface area contributed by atoms with E-state index >= 15 is 0 Å². The SMILES string of the molecule is N#Cc1cnc2ccccc2c1N1CCCCCC1. The maximum absolute atomic E-state index is 9.36. The van der Waals surface area contributed by atoms with Gasteiger partial charge in [-0.05, 0) is 18.9 Å². The molecule has 1 aliphatic rings. The molecule has 96 valence electrons. The highest BCUT2D eigenvalue weighted by atomic mass is 15.1. The van der Waals surface area contributed by atoms with Crippen molar-refractivity contribution in [1.29, 1.82) is 5.26 Å². The summed E-state index contributed by atoms with van der Waals surface area (Å²) in [6.07, 6.45) is 6.72. The van der Waals surface area contributed by atoms with Crippen LogP contribution in [-0.4, -0.2) is 18.1 Å². The molecule has 1 saturated heterocycles. The van der Waals surface area contributed by atoms with E-state index in [1.807, 2.05) is 18.2 Å². The molecule has 3 heteroatoms. The van der Waals surface area contributed by atoms with E-state index in [1.54, 1.807) is 6.20 Å². The molecule has 2 aromatic rings. The molecule has 0 bridgehead atoms. The Balaban J connectivity index is 2.16. The second kappa shape index (κ2) is 5.27. The molecule has 3 rings (SSSR count). The van der Waals surface area contributed by atoms with E-state index < -0.39 is 0 Å². The Morgan fingerprint density at radius 3 is 2.53 bits per heavy atom. The molecular formula is C16H17N3. The number of anilines is 1. The van der Waals surface area contributed by atoms with Gasteiger partial charge >= 0.3 is 0 Å². The number of pyridine rings is 1. The number of para-hydroxylation sites is 1. The fourth-order valence-corrected chi connectivity index (χ4v) is 2.84. The highest BCUT2D eigenvalue weighted by molar-refractivity contribution is 5.94. The fraction of sp³-hybridized carbons (Fsp3) is 0.375. The van der Waals surface area contributed by atoms with Gasteiger partial charge in [0.05, 0.1) is 16.8 Å². The van der Waals surface area contributed by atoms with Crippen LogP contribution in [-0.2, 0) is 0 Å². The number of rotatable bonds is 1. The van der Waals surface area contributed by atoms with Gasteiger partial charge in [0, 0.05) is 24.7 Å². The summed E-state index contributed by atoms with van der Waals surface area (Å²) in [5.41, 5.74) is 2.75. The molecule has 2 heterocycles. The van der Waals surface area contributed by atoms with Crippen LogP contribution in [0.5, 0.6) is 0 Å². The van der Waals surface area contributed by atoms with Crippen molar-refractivity contribution in [2.75, 3.05) is 18.0 Å². The molecule has 0 amide bonds. The van der Waals surface area contributed by atoms with E-state index in [-0.39, 0.29) is 0 Å². The van der Waals surface area contributed by atoms with Crippen LogP contribution < -0.4 is 4.90 Å². The summed E-state index contributed by atoms with van der Waals surface area (Å²) in [4.78, 5) is 6.75.